The Morgan fingerprint density at radius 1 is 1.31 bits per heavy atom. The maximum Gasteiger partial charge on any atom is 0.279 e. The summed E-state index contributed by atoms with van der Waals surface area (Å²) in [5, 5.41) is 8.84. The van der Waals surface area contributed by atoms with Crippen LogP contribution in [0.4, 0.5) is 0 Å². The minimum atomic E-state index is -3.50. The molecular formula is C10H16N2O3S. The molecule has 0 saturated heterocycles. The minimum Gasteiger partial charge on any atom is -0.395 e. The summed E-state index contributed by atoms with van der Waals surface area (Å²) in [6, 6.07) is 9.24. The molecule has 0 aromatic heterocycles. The normalized spacial score (nSPS) is 11.9. The van der Waals surface area contributed by atoms with E-state index in [2.05, 4.69) is 4.72 Å². The van der Waals surface area contributed by atoms with Gasteiger partial charge in [0.1, 0.15) is 0 Å². The quantitative estimate of drug-likeness (QED) is 0.737. The van der Waals surface area contributed by atoms with Crippen LogP contribution in [-0.4, -0.2) is 38.0 Å². The third kappa shape index (κ3) is 3.57. The van der Waals surface area contributed by atoms with Crippen LogP contribution >= 0.6 is 0 Å². The average Bonchev–Trinajstić information content (AvgIpc) is 2.30. The van der Waals surface area contributed by atoms with Gasteiger partial charge in [-0.1, -0.05) is 30.3 Å². The summed E-state index contributed by atoms with van der Waals surface area (Å²) < 4.78 is 26.6. The van der Waals surface area contributed by atoms with Gasteiger partial charge in [0.05, 0.1) is 6.61 Å². The van der Waals surface area contributed by atoms with Gasteiger partial charge in [0, 0.05) is 20.1 Å². The van der Waals surface area contributed by atoms with E-state index in [-0.39, 0.29) is 19.7 Å². The van der Waals surface area contributed by atoms with Crippen LogP contribution in [0.15, 0.2) is 30.3 Å². The molecule has 0 bridgehead atoms. The highest BCUT2D eigenvalue weighted by Crippen LogP contribution is 2.07. The summed E-state index contributed by atoms with van der Waals surface area (Å²) >= 11 is 0. The molecule has 1 aromatic carbocycles. The SMILES string of the molecule is CNS(=O)(=O)N(CCO)Cc1ccccc1. The Hall–Kier alpha value is -0.950. The molecule has 0 amide bonds. The lowest BCUT2D eigenvalue weighted by Crippen LogP contribution is -2.40. The van der Waals surface area contributed by atoms with E-state index in [1.54, 1.807) is 0 Å². The molecule has 0 unspecified atom stereocenters. The Morgan fingerprint density at radius 2 is 1.94 bits per heavy atom. The van der Waals surface area contributed by atoms with Gasteiger partial charge in [0.15, 0.2) is 0 Å². The predicted octanol–water partition coefficient (Wildman–Crippen LogP) is -0.0549. The van der Waals surface area contributed by atoms with Crippen LogP contribution in [-0.2, 0) is 16.8 Å². The van der Waals surface area contributed by atoms with Crippen molar-refractivity contribution in [2.24, 2.45) is 0 Å². The summed E-state index contributed by atoms with van der Waals surface area (Å²) in [7, 11) is -2.15. The van der Waals surface area contributed by atoms with E-state index in [0.29, 0.717) is 0 Å². The van der Waals surface area contributed by atoms with Crippen molar-refractivity contribution in [2.75, 3.05) is 20.2 Å². The van der Waals surface area contributed by atoms with Gasteiger partial charge in [-0.2, -0.15) is 12.7 Å². The van der Waals surface area contributed by atoms with Gasteiger partial charge in [0.2, 0.25) is 0 Å². The second-order valence-electron chi connectivity index (χ2n) is 3.25. The molecule has 6 heteroatoms. The van der Waals surface area contributed by atoms with Crippen molar-refractivity contribution in [3.05, 3.63) is 35.9 Å². The zero-order valence-electron chi connectivity index (χ0n) is 9.13. The second-order valence-corrected chi connectivity index (χ2v) is 5.13. The summed E-state index contributed by atoms with van der Waals surface area (Å²) in [6.45, 7) is 0.135. The third-order valence-electron chi connectivity index (χ3n) is 2.15. The van der Waals surface area contributed by atoms with Crippen molar-refractivity contribution in [1.29, 1.82) is 0 Å². The Bertz CT molecular complexity index is 405. The number of benzene rings is 1. The fourth-order valence-corrected chi connectivity index (χ4v) is 2.21. The van der Waals surface area contributed by atoms with E-state index in [4.69, 9.17) is 5.11 Å². The molecular weight excluding hydrogens is 228 g/mol. The number of aliphatic hydroxyl groups excluding tert-OH is 1. The van der Waals surface area contributed by atoms with Crippen LogP contribution in [0, 0.1) is 0 Å². The average molecular weight is 244 g/mol. The summed E-state index contributed by atoms with van der Waals surface area (Å²) in [6.07, 6.45) is 0. The van der Waals surface area contributed by atoms with E-state index in [0.717, 1.165) is 5.56 Å². The molecule has 5 nitrogen and oxygen atoms in total. The number of hydrogen-bond donors (Lipinski definition) is 2. The Labute approximate surface area is 95.9 Å². The van der Waals surface area contributed by atoms with E-state index in [1.165, 1.54) is 11.4 Å². The molecule has 0 heterocycles. The Morgan fingerprint density at radius 3 is 2.44 bits per heavy atom. The number of rotatable bonds is 6. The van der Waals surface area contributed by atoms with Gasteiger partial charge in [-0.15, -0.1) is 0 Å². The molecule has 0 saturated carbocycles. The molecule has 0 aliphatic heterocycles. The van der Waals surface area contributed by atoms with Crippen LogP contribution < -0.4 is 4.72 Å². The first-order chi connectivity index (χ1) is 7.60. The highest BCUT2D eigenvalue weighted by molar-refractivity contribution is 7.87. The molecule has 16 heavy (non-hydrogen) atoms. The number of hydrogen-bond acceptors (Lipinski definition) is 3. The van der Waals surface area contributed by atoms with Gasteiger partial charge in [-0.25, -0.2) is 4.72 Å². The fraction of sp³-hybridized carbons (Fsp3) is 0.400. The van der Waals surface area contributed by atoms with Crippen LogP contribution in [0.5, 0.6) is 0 Å². The van der Waals surface area contributed by atoms with Gasteiger partial charge in [0.25, 0.3) is 10.2 Å². The Balaban J connectivity index is 2.81. The topological polar surface area (TPSA) is 69.6 Å². The molecule has 90 valence electrons. The maximum absolute atomic E-state index is 11.6. The van der Waals surface area contributed by atoms with Crippen LogP contribution in [0.1, 0.15) is 5.56 Å². The predicted molar refractivity (Wildman–Crippen MR) is 61.9 cm³/mol. The largest absolute Gasteiger partial charge is 0.395 e. The van der Waals surface area contributed by atoms with Gasteiger partial charge >= 0.3 is 0 Å². The smallest absolute Gasteiger partial charge is 0.279 e. The van der Waals surface area contributed by atoms with E-state index in [9.17, 15) is 8.42 Å². The van der Waals surface area contributed by atoms with Crippen molar-refractivity contribution in [1.82, 2.24) is 9.03 Å². The van der Waals surface area contributed by atoms with Gasteiger partial charge in [-0.3, -0.25) is 0 Å². The molecule has 0 fully saturated rings. The van der Waals surface area contributed by atoms with Crippen molar-refractivity contribution >= 4 is 10.2 Å². The monoisotopic (exact) mass is 244 g/mol. The minimum absolute atomic E-state index is 0.0814. The molecule has 2 N–H and O–H groups in total. The van der Waals surface area contributed by atoms with Gasteiger partial charge < -0.3 is 5.11 Å². The van der Waals surface area contributed by atoms with Crippen molar-refractivity contribution in [3.63, 3.8) is 0 Å². The van der Waals surface area contributed by atoms with Crippen LogP contribution in [0.3, 0.4) is 0 Å². The van der Waals surface area contributed by atoms with Crippen LogP contribution in [0.25, 0.3) is 0 Å². The fourth-order valence-electron chi connectivity index (χ4n) is 1.31. The molecule has 0 atom stereocenters. The standard InChI is InChI=1S/C10H16N2O3S/c1-11-16(14,15)12(7-8-13)9-10-5-3-2-4-6-10/h2-6,11,13H,7-9H2,1H3. The molecule has 0 aliphatic carbocycles. The zero-order chi connectivity index (χ0) is 12.0. The van der Waals surface area contributed by atoms with E-state index in [1.807, 2.05) is 30.3 Å². The lowest BCUT2D eigenvalue weighted by Gasteiger charge is -2.20. The number of aliphatic hydroxyl groups is 1. The van der Waals surface area contributed by atoms with Crippen molar-refractivity contribution < 1.29 is 13.5 Å². The summed E-state index contributed by atoms with van der Waals surface area (Å²) in [5.41, 5.74) is 0.884. The highest BCUT2D eigenvalue weighted by atomic mass is 32.2. The zero-order valence-corrected chi connectivity index (χ0v) is 9.94. The first-order valence-electron chi connectivity index (χ1n) is 4.93. The molecule has 0 spiro atoms. The van der Waals surface area contributed by atoms with Gasteiger partial charge in [-0.05, 0) is 5.56 Å². The maximum atomic E-state index is 11.6. The second kappa shape index (κ2) is 5.95. The Kier molecular flexibility index (Phi) is 4.88. The number of nitrogens with one attached hydrogen (secondary N) is 1. The molecule has 0 radical (unpaired) electrons. The highest BCUT2D eigenvalue weighted by Gasteiger charge is 2.19. The van der Waals surface area contributed by atoms with Crippen LogP contribution in [0.2, 0.25) is 0 Å². The number of nitrogens with zero attached hydrogens (tertiary/aromatic N) is 1. The van der Waals surface area contributed by atoms with Crippen molar-refractivity contribution in [2.45, 2.75) is 6.54 Å². The van der Waals surface area contributed by atoms with Crippen molar-refractivity contribution in [3.8, 4) is 0 Å². The lowest BCUT2D eigenvalue weighted by atomic mass is 10.2. The van der Waals surface area contributed by atoms with E-state index >= 15 is 0 Å². The first kappa shape index (κ1) is 13.1. The lowest BCUT2D eigenvalue weighted by molar-refractivity contribution is 0.250. The summed E-state index contributed by atoms with van der Waals surface area (Å²) in [5.74, 6) is 0. The molecule has 1 rings (SSSR count). The van der Waals surface area contributed by atoms with E-state index < -0.39 is 10.2 Å². The molecule has 1 aromatic rings. The molecule has 0 aliphatic rings. The first-order valence-corrected chi connectivity index (χ1v) is 6.37. The third-order valence-corrected chi connectivity index (χ3v) is 3.66. The summed E-state index contributed by atoms with van der Waals surface area (Å²) in [4.78, 5) is 0.